The first-order chi connectivity index (χ1) is 34.5. The summed E-state index contributed by atoms with van der Waals surface area (Å²) in [4.78, 5) is 44.0. The Labute approximate surface area is 406 Å². The number of benzene rings is 5. The van der Waals surface area contributed by atoms with E-state index < -0.39 is 17.5 Å². The van der Waals surface area contributed by atoms with Crippen LogP contribution in [0.15, 0.2) is 146 Å². The SMILES string of the molecule is C=C(C#N)C(=O)N1CCC(COc2ncnc(N)c2-c2ccc(Oc3cccc(C=C(C#N)C(=O)Nc4cccc(Oc5ncnc(N)c5-c5cc(F)c(OCc6ccccc6)cc5F)c4)c3)cc2)CC1. The highest BCUT2D eigenvalue weighted by Gasteiger charge is 2.26. The molecule has 5 N–H and O–H groups in total. The number of rotatable bonds is 16. The molecular formula is C53H42F2N10O6. The largest absolute Gasteiger partial charge is 0.486 e. The van der Waals surface area contributed by atoms with Gasteiger partial charge in [-0.15, -0.1) is 0 Å². The Hall–Kier alpha value is -9.68. The van der Waals surface area contributed by atoms with Crippen molar-refractivity contribution < 1.29 is 37.3 Å². The van der Waals surface area contributed by atoms with Crippen LogP contribution in [-0.4, -0.2) is 56.3 Å². The molecule has 5 aromatic carbocycles. The molecule has 71 heavy (non-hydrogen) atoms. The van der Waals surface area contributed by atoms with Crippen LogP contribution in [0, 0.1) is 40.2 Å². The minimum Gasteiger partial charge on any atom is -0.486 e. The predicted molar refractivity (Wildman–Crippen MR) is 259 cm³/mol. The van der Waals surface area contributed by atoms with Gasteiger partial charge in [-0.05, 0) is 84.0 Å². The monoisotopic (exact) mass is 952 g/mol. The van der Waals surface area contributed by atoms with E-state index in [0.717, 1.165) is 24.0 Å². The number of hydrogen-bond donors (Lipinski definition) is 3. The number of piperidine rings is 1. The van der Waals surface area contributed by atoms with Crippen molar-refractivity contribution in [3.8, 4) is 69.2 Å². The smallest absolute Gasteiger partial charge is 0.266 e. The lowest BCUT2D eigenvalue weighted by molar-refractivity contribution is -0.128. The molecule has 1 aliphatic rings. The van der Waals surface area contributed by atoms with Crippen molar-refractivity contribution >= 4 is 35.2 Å². The fourth-order valence-electron chi connectivity index (χ4n) is 7.54. The molecule has 0 unspecified atom stereocenters. The van der Waals surface area contributed by atoms with Crippen LogP contribution in [-0.2, 0) is 16.2 Å². The van der Waals surface area contributed by atoms with Gasteiger partial charge in [0.15, 0.2) is 11.6 Å². The van der Waals surface area contributed by atoms with Gasteiger partial charge in [-0.25, -0.2) is 28.7 Å². The minimum atomic E-state index is -0.862. The molecule has 2 amide bonds. The molecule has 1 fully saturated rings. The molecule has 0 atom stereocenters. The number of ether oxygens (including phenoxy) is 4. The zero-order valence-corrected chi connectivity index (χ0v) is 37.7. The number of carbonyl (C=O) groups is 2. The van der Waals surface area contributed by atoms with Crippen molar-refractivity contribution in [2.24, 2.45) is 5.92 Å². The van der Waals surface area contributed by atoms with Crippen LogP contribution in [0.4, 0.5) is 26.1 Å². The Morgan fingerprint density at radius 3 is 2.15 bits per heavy atom. The molecule has 1 aliphatic heterocycles. The summed E-state index contributed by atoms with van der Waals surface area (Å²) in [6.45, 7) is 4.86. The molecule has 0 spiro atoms. The van der Waals surface area contributed by atoms with Crippen molar-refractivity contribution in [2.45, 2.75) is 19.4 Å². The zero-order chi connectivity index (χ0) is 49.9. The van der Waals surface area contributed by atoms with E-state index in [9.17, 15) is 14.9 Å². The molecule has 3 heterocycles. The Kier molecular flexibility index (Phi) is 14.8. The second-order valence-corrected chi connectivity index (χ2v) is 16.0. The van der Waals surface area contributed by atoms with Gasteiger partial charge in [0, 0.05) is 36.5 Å². The van der Waals surface area contributed by atoms with Crippen LogP contribution >= 0.6 is 0 Å². The average Bonchev–Trinajstić information content (AvgIpc) is 3.38. The van der Waals surface area contributed by atoms with Crippen LogP contribution in [0.2, 0.25) is 0 Å². The van der Waals surface area contributed by atoms with Crippen LogP contribution in [0.25, 0.3) is 28.3 Å². The Morgan fingerprint density at radius 1 is 0.746 bits per heavy atom. The third kappa shape index (κ3) is 11.7. The molecule has 0 saturated carbocycles. The molecule has 7 aromatic rings. The predicted octanol–water partition coefficient (Wildman–Crippen LogP) is 9.45. The second-order valence-electron chi connectivity index (χ2n) is 16.0. The third-order valence-corrected chi connectivity index (χ3v) is 11.2. The van der Waals surface area contributed by atoms with E-state index in [1.807, 2.05) is 18.2 Å². The van der Waals surface area contributed by atoms with E-state index in [4.69, 9.17) is 35.7 Å². The quantitative estimate of drug-likeness (QED) is 0.0604. The van der Waals surface area contributed by atoms with Gasteiger partial charge in [0.25, 0.3) is 11.8 Å². The fraction of sp³-hybridized carbons (Fsp3) is 0.132. The lowest BCUT2D eigenvalue weighted by Crippen LogP contribution is -2.40. The third-order valence-electron chi connectivity index (χ3n) is 11.2. The number of nitrogen functional groups attached to an aromatic ring is 2. The number of anilines is 3. The van der Waals surface area contributed by atoms with Gasteiger partial charge in [-0.1, -0.05) is 67.2 Å². The number of hydrogen-bond acceptors (Lipinski definition) is 14. The Balaban J connectivity index is 0.898. The number of likely N-dealkylation sites (tertiary alicyclic amines) is 1. The van der Waals surface area contributed by atoms with Gasteiger partial charge in [0.05, 0.1) is 17.7 Å². The second kappa shape index (κ2) is 22.0. The molecule has 0 radical (unpaired) electrons. The molecule has 18 heteroatoms. The molecule has 1 saturated heterocycles. The highest BCUT2D eigenvalue weighted by molar-refractivity contribution is 6.09. The maximum Gasteiger partial charge on any atom is 0.266 e. The van der Waals surface area contributed by atoms with Crippen molar-refractivity contribution in [1.82, 2.24) is 24.8 Å². The molecule has 8 rings (SSSR count). The van der Waals surface area contributed by atoms with E-state index in [1.54, 1.807) is 95.9 Å². The normalized spacial score (nSPS) is 12.5. The maximum atomic E-state index is 15.6. The van der Waals surface area contributed by atoms with Crippen LogP contribution in [0.5, 0.6) is 34.8 Å². The number of amides is 2. The first-order valence-electron chi connectivity index (χ1n) is 21.9. The molecule has 354 valence electrons. The fourth-order valence-corrected chi connectivity index (χ4v) is 7.54. The number of carbonyl (C=O) groups excluding carboxylic acids is 2. The van der Waals surface area contributed by atoms with Crippen molar-refractivity contribution in [3.05, 3.63) is 168 Å². The summed E-state index contributed by atoms with van der Waals surface area (Å²) < 4.78 is 54.7. The Morgan fingerprint density at radius 2 is 1.44 bits per heavy atom. The van der Waals surface area contributed by atoms with Gasteiger partial charge >= 0.3 is 0 Å². The number of aromatic nitrogens is 4. The van der Waals surface area contributed by atoms with Gasteiger partial charge in [-0.3, -0.25) is 9.59 Å². The average molecular weight is 953 g/mol. The first-order valence-corrected chi connectivity index (χ1v) is 21.9. The zero-order valence-electron chi connectivity index (χ0n) is 37.7. The number of nitrogens with two attached hydrogens (primary N) is 2. The van der Waals surface area contributed by atoms with E-state index in [2.05, 4.69) is 31.8 Å². The summed E-state index contributed by atoms with van der Waals surface area (Å²) in [5.74, 6) is -1.74. The lowest BCUT2D eigenvalue weighted by Gasteiger charge is -2.31. The standard InChI is InChI=1S/C53H42F2N10O6/c1-32(26-56)53(67)65-19-17-34(18-20-65)29-69-51-46(48(58)60-30-62-51)36-13-15-39(16-14-36)70-40-11-5-9-35(22-40)21-37(27-57)50(66)64-38-10-6-12-41(23-38)71-52-47(49(59)61-31-63-52)42-24-44(55)45(25-43(42)54)68-28-33-7-3-2-4-8-33/h2-16,21-25,30-31,34H,1,17-20,28-29H2,(H,64,66)(H2,58,60,62)(H2,59,61,63). The summed E-state index contributed by atoms with van der Waals surface area (Å²) >= 11 is 0. The van der Waals surface area contributed by atoms with Crippen LogP contribution in [0.1, 0.15) is 24.0 Å². The van der Waals surface area contributed by atoms with E-state index in [0.29, 0.717) is 66.6 Å². The molecular weight excluding hydrogens is 911 g/mol. The summed E-state index contributed by atoms with van der Waals surface area (Å²) in [6.07, 6.45) is 5.21. The number of nitrogens with zero attached hydrogens (tertiary/aromatic N) is 7. The Bertz CT molecular complexity index is 3240. The van der Waals surface area contributed by atoms with E-state index in [1.165, 1.54) is 18.5 Å². The van der Waals surface area contributed by atoms with Gasteiger partial charge < -0.3 is 40.6 Å². The van der Waals surface area contributed by atoms with E-state index in [-0.39, 0.29) is 75.4 Å². The van der Waals surface area contributed by atoms with Gasteiger partial charge in [0.1, 0.15) is 77.2 Å². The number of halogens is 2. The summed E-state index contributed by atoms with van der Waals surface area (Å²) in [5, 5.41) is 21.7. The summed E-state index contributed by atoms with van der Waals surface area (Å²) in [6, 6.07) is 34.6. The molecule has 16 nitrogen and oxygen atoms in total. The summed E-state index contributed by atoms with van der Waals surface area (Å²) in [5.41, 5.74) is 14.5. The van der Waals surface area contributed by atoms with Gasteiger partial charge in [-0.2, -0.15) is 10.5 Å². The van der Waals surface area contributed by atoms with E-state index >= 15 is 8.78 Å². The van der Waals surface area contributed by atoms with Crippen LogP contribution in [0.3, 0.4) is 0 Å². The minimum absolute atomic E-state index is 0.0167. The molecule has 0 aliphatic carbocycles. The highest BCUT2D eigenvalue weighted by Crippen LogP contribution is 2.39. The van der Waals surface area contributed by atoms with Gasteiger partial charge in [0.2, 0.25) is 11.8 Å². The highest BCUT2D eigenvalue weighted by atomic mass is 19.1. The molecule has 2 aromatic heterocycles. The van der Waals surface area contributed by atoms with Crippen LogP contribution < -0.4 is 35.7 Å². The lowest BCUT2D eigenvalue weighted by atomic mass is 9.97. The van der Waals surface area contributed by atoms with Crippen molar-refractivity contribution in [1.29, 1.82) is 10.5 Å². The van der Waals surface area contributed by atoms with Crippen molar-refractivity contribution in [3.63, 3.8) is 0 Å². The first kappa shape index (κ1) is 47.8. The number of nitriles is 2. The van der Waals surface area contributed by atoms with Crippen molar-refractivity contribution in [2.75, 3.05) is 36.5 Å². The molecule has 0 bridgehead atoms. The maximum absolute atomic E-state index is 15.6. The number of nitrogens with one attached hydrogen (secondary N) is 1. The summed E-state index contributed by atoms with van der Waals surface area (Å²) in [7, 11) is 0. The topological polar surface area (TPSA) is 238 Å².